The van der Waals surface area contributed by atoms with Crippen LogP contribution in [0.15, 0.2) is 22.6 Å². The SMILES string of the molecule is CC(C)c1nc2cc(NC(=O)C3(N)CCC3)ccc2o1. The van der Waals surface area contributed by atoms with E-state index >= 15 is 0 Å². The molecular formula is C15H19N3O2. The second-order valence-electron chi connectivity index (χ2n) is 5.85. The molecule has 0 saturated heterocycles. The fraction of sp³-hybridized carbons (Fsp3) is 0.467. The lowest BCUT2D eigenvalue weighted by atomic mass is 9.77. The Morgan fingerprint density at radius 3 is 2.80 bits per heavy atom. The summed E-state index contributed by atoms with van der Waals surface area (Å²) in [4.78, 5) is 16.5. The number of amides is 1. The van der Waals surface area contributed by atoms with Gasteiger partial charge in [-0.05, 0) is 37.5 Å². The third kappa shape index (κ3) is 2.18. The minimum Gasteiger partial charge on any atom is -0.440 e. The average Bonchev–Trinajstić information content (AvgIpc) is 2.79. The molecule has 3 rings (SSSR count). The summed E-state index contributed by atoms with van der Waals surface area (Å²) >= 11 is 0. The molecule has 5 nitrogen and oxygen atoms in total. The highest BCUT2D eigenvalue weighted by Gasteiger charge is 2.40. The molecule has 1 heterocycles. The number of fused-ring (bicyclic) bond motifs is 1. The smallest absolute Gasteiger partial charge is 0.244 e. The number of hydrogen-bond donors (Lipinski definition) is 2. The van der Waals surface area contributed by atoms with Crippen molar-refractivity contribution in [3.8, 4) is 0 Å². The van der Waals surface area contributed by atoms with Gasteiger partial charge in [0.1, 0.15) is 5.52 Å². The number of anilines is 1. The van der Waals surface area contributed by atoms with E-state index in [0.717, 1.165) is 30.4 Å². The lowest BCUT2D eigenvalue weighted by Crippen LogP contribution is -2.56. The summed E-state index contributed by atoms with van der Waals surface area (Å²) in [6, 6.07) is 5.47. The van der Waals surface area contributed by atoms with Gasteiger partial charge in [-0.15, -0.1) is 0 Å². The molecule has 1 aliphatic rings. The highest BCUT2D eigenvalue weighted by Crippen LogP contribution is 2.31. The first-order chi connectivity index (χ1) is 9.48. The average molecular weight is 273 g/mol. The molecule has 2 aromatic rings. The normalized spacial score (nSPS) is 17.2. The Labute approximate surface area is 117 Å². The van der Waals surface area contributed by atoms with Gasteiger partial charge in [0.05, 0.1) is 5.54 Å². The van der Waals surface area contributed by atoms with Gasteiger partial charge in [0.25, 0.3) is 0 Å². The number of oxazole rings is 1. The van der Waals surface area contributed by atoms with Gasteiger partial charge in [-0.1, -0.05) is 13.8 Å². The second kappa shape index (κ2) is 4.59. The van der Waals surface area contributed by atoms with Crippen molar-refractivity contribution in [1.82, 2.24) is 4.98 Å². The monoisotopic (exact) mass is 273 g/mol. The summed E-state index contributed by atoms with van der Waals surface area (Å²) in [6.45, 7) is 4.06. The van der Waals surface area contributed by atoms with Crippen molar-refractivity contribution in [1.29, 1.82) is 0 Å². The van der Waals surface area contributed by atoms with Crippen molar-refractivity contribution in [3.05, 3.63) is 24.1 Å². The third-order valence-corrected chi connectivity index (χ3v) is 3.85. The van der Waals surface area contributed by atoms with Crippen molar-refractivity contribution in [2.75, 3.05) is 5.32 Å². The first-order valence-corrected chi connectivity index (χ1v) is 6.99. The Kier molecular flexibility index (Phi) is 3.01. The maximum absolute atomic E-state index is 12.1. The zero-order valence-electron chi connectivity index (χ0n) is 11.8. The van der Waals surface area contributed by atoms with Crippen LogP contribution in [0.25, 0.3) is 11.1 Å². The predicted molar refractivity (Wildman–Crippen MR) is 77.5 cm³/mol. The first-order valence-electron chi connectivity index (χ1n) is 6.99. The second-order valence-corrected chi connectivity index (χ2v) is 5.85. The van der Waals surface area contributed by atoms with E-state index in [4.69, 9.17) is 10.2 Å². The number of benzene rings is 1. The van der Waals surface area contributed by atoms with Gasteiger partial charge in [0.2, 0.25) is 5.91 Å². The molecule has 0 bridgehead atoms. The number of carbonyl (C=O) groups excluding carboxylic acids is 1. The molecular weight excluding hydrogens is 254 g/mol. The van der Waals surface area contributed by atoms with Gasteiger partial charge >= 0.3 is 0 Å². The first kappa shape index (κ1) is 13.1. The quantitative estimate of drug-likeness (QED) is 0.901. The van der Waals surface area contributed by atoms with E-state index in [1.807, 2.05) is 32.0 Å². The van der Waals surface area contributed by atoms with Gasteiger partial charge in [-0.2, -0.15) is 0 Å². The van der Waals surface area contributed by atoms with Crippen molar-refractivity contribution in [2.24, 2.45) is 5.73 Å². The van der Waals surface area contributed by atoms with Gasteiger partial charge in [0.15, 0.2) is 11.5 Å². The van der Waals surface area contributed by atoms with Gasteiger partial charge < -0.3 is 15.5 Å². The lowest BCUT2D eigenvalue weighted by molar-refractivity contribution is -0.123. The molecule has 1 fully saturated rings. The Hall–Kier alpha value is -1.88. The van der Waals surface area contributed by atoms with Crippen LogP contribution in [0.5, 0.6) is 0 Å². The molecule has 1 aromatic heterocycles. The summed E-state index contributed by atoms with van der Waals surface area (Å²) in [5.41, 5.74) is 7.51. The molecule has 0 radical (unpaired) electrons. The molecule has 1 aromatic carbocycles. The van der Waals surface area contributed by atoms with Crippen molar-refractivity contribution < 1.29 is 9.21 Å². The Morgan fingerprint density at radius 2 is 2.20 bits per heavy atom. The topological polar surface area (TPSA) is 81.2 Å². The number of nitrogens with two attached hydrogens (primary N) is 1. The Balaban J connectivity index is 1.83. The largest absolute Gasteiger partial charge is 0.440 e. The maximum atomic E-state index is 12.1. The van der Waals surface area contributed by atoms with Crippen LogP contribution >= 0.6 is 0 Å². The predicted octanol–water partition coefficient (Wildman–Crippen LogP) is 2.77. The zero-order chi connectivity index (χ0) is 14.3. The zero-order valence-corrected chi connectivity index (χ0v) is 11.8. The van der Waals surface area contributed by atoms with E-state index in [0.29, 0.717) is 11.6 Å². The standard InChI is InChI=1S/C15H19N3O2/c1-9(2)13-18-11-8-10(4-5-12(11)20-13)17-14(19)15(16)6-3-7-15/h4-5,8-9H,3,6-7,16H2,1-2H3,(H,17,19). The summed E-state index contributed by atoms with van der Waals surface area (Å²) in [5.74, 6) is 0.830. The third-order valence-electron chi connectivity index (χ3n) is 3.85. The van der Waals surface area contributed by atoms with E-state index in [1.165, 1.54) is 0 Å². The lowest BCUT2D eigenvalue weighted by Gasteiger charge is -2.36. The summed E-state index contributed by atoms with van der Waals surface area (Å²) < 4.78 is 5.64. The molecule has 5 heteroatoms. The molecule has 1 saturated carbocycles. The van der Waals surface area contributed by atoms with E-state index in [-0.39, 0.29) is 11.8 Å². The molecule has 0 spiro atoms. The van der Waals surface area contributed by atoms with Gasteiger partial charge in [-0.3, -0.25) is 4.79 Å². The van der Waals surface area contributed by atoms with Crippen LogP contribution in [0.4, 0.5) is 5.69 Å². The molecule has 0 unspecified atom stereocenters. The molecule has 0 atom stereocenters. The molecule has 106 valence electrons. The molecule has 0 aliphatic heterocycles. The van der Waals surface area contributed by atoms with Crippen LogP contribution in [0.1, 0.15) is 44.9 Å². The van der Waals surface area contributed by atoms with Crippen LogP contribution < -0.4 is 11.1 Å². The van der Waals surface area contributed by atoms with Crippen LogP contribution in [0.2, 0.25) is 0 Å². The minimum absolute atomic E-state index is 0.115. The molecule has 20 heavy (non-hydrogen) atoms. The van der Waals surface area contributed by atoms with Crippen LogP contribution in [0, 0.1) is 0 Å². The van der Waals surface area contributed by atoms with Crippen LogP contribution in [-0.4, -0.2) is 16.4 Å². The highest BCUT2D eigenvalue weighted by molar-refractivity contribution is 5.99. The fourth-order valence-corrected chi connectivity index (χ4v) is 2.31. The number of carbonyl (C=O) groups is 1. The van der Waals surface area contributed by atoms with E-state index in [1.54, 1.807) is 0 Å². The van der Waals surface area contributed by atoms with Crippen molar-refractivity contribution >= 4 is 22.7 Å². The summed E-state index contributed by atoms with van der Waals surface area (Å²) in [5, 5.41) is 2.87. The number of nitrogens with zero attached hydrogens (tertiary/aromatic N) is 1. The Bertz CT molecular complexity index is 656. The number of aromatic nitrogens is 1. The van der Waals surface area contributed by atoms with Gasteiger partial charge in [-0.25, -0.2) is 4.98 Å². The minimum atomic E-state index is -0.693. The van der Waals surface area contributed by atoms with Gasteiger partial charge in [0, 0.05) is 11.6 Å². The van der Waals surface area contributed by atoms with Crippen LogP contribution in [-0.2, 0) is 4.79 Å². The fourth-order valence-electron chi connectivity index (χ4n) is 2.31. The molecule has 3 N–H and O–H groups in total. The summed E-state index contributed by atoms with van der Waals surface area (Å²) in [6.07, 6.45) is 2.52. The van der Waals surface area contributed by atoms with Crippen molar-refractivity contribution in [2.45, 2.75) is 44.6 Å². The van der Waals surface area contributed by atoms with E-state index in [2.05, 4.69) is 10.3 Å². The Morgan fingerprint density at radius 1 is 1.45 bits per heavy atom. The van der Waals surface area contributed by atoms with Crippen LogP contribution in [0.3, 0.4) is 0 Å². The summed E-state index contributed by atoms with van der Waals surface area (Å²) in [7, 11) is 0. The highest BCUT2D eigenvalue weighted by atomic mass is 16.3. The molecule has 1 aliphatic carbocycles. The van der Waals surface area contributed by atoms with E-state index < -0.39 is 5.54 Å². The number of nitrogens with one attached hydrogen (secondary N) is 1. The maximum Gasteiger partial charge on any atom is 0.244 e. The number of rotatable bonds is 3. The molecule has 1 amide bonds. The van der Waals surface area contributed by atoms with Crippen molar-refractivity contribution in [3.63, 3.8) is 0 Å². The number of hydrogen-bond acceptors (Lipinski definition) is 4. The van der Waals surface area contributed by atoms with E-state index in [9.17, 15) is 4.79 Å².